The van der Waals surface area contributed by atoms with Gasteiger partial charge in [-0.1, -0.05) is 0 Å². The van der Waals surface area contributed by atoms with Gasteiger partial charge in [-0.05, 0) is 31.0 Å². The summed E-state index contributed by atoms with van der Waals surface area (Å²) in [6.45, 7) is 4.24. The van der Waals surface area contributed by atoms with Gasteiger partial charge in [0.15, 0.2) is 0 Å². The van der Waals surface area contributed by atoms with E-state index in [1.54, 1.807) is 6.07 Å². The van der Waals surface area contributed by atoms with Crippen molar-refractivity contribution >= 4 is 11.4 Å². The lowest BCUT2D eigenvalue weighted by atomic mass is 10.1. The molecule has 2 N–H and O–H groups in total. The Hall–Kier alpha value is -1.73. The van der Waals surface area contributed by atoms with Crippen molar-refractivity contribution in [3.63, 3.8) is 0 Å². The lowest BCUT2D eigenvalue weighted by Gasteiger charge is -2.36. The first-order chi connectivity index (χ1) is 8.78. The molecule has 0 aromatic heterocycles. The molecular formula is C14H18N4. The molecule has 1 aromatic rings. The Morgan fingerprint density at radius 1 is 1.17 bits per heavy atom. The van der Waals surface area contributed by atoms with Gasteiger partial charge in [-0.2, -0.15) is 5.26 Å². The number of hydrogen-bond acceptors (Lipinski definition) is 4. The highest BCUT2D eigenvalue weighted by Crippen LogP contribution is 2.29. The summed E-state index contributed by atoms with van der Waals surface area (Å²) in [4.78, 5) is 4.87. The second-order valence-corrected chi connectivity index (χ2v) is 5.14. The molecule has 0 amide bonds. The SMILES string of the molecule is N#Cc1cc(N)ccc1N1CCN(C2CC2)CC1. The van der Waals surface area contributed by atoms with E-state index in [0.29, 0.717) is 11.3 Å². The average Bonchev–Trinajstić information content (AvgIpc) is 3.23. The third-order valence-electron chi connectivity index (χ3n) is 3.86. The summed E-state index contributed by atoms with van der Waals surface area (Å²) in [5.74, 6) is 0. The predicted octanol–water partition coefficient (Wildman–Crippen LogP) is 1.42. The van der Waals surface area contributed by atoms with Crippen molar-refractivity contribution in [2.45, 2.75) is 18.9 Å². The molecule has 2 aliphatic rings. The fourth-order valence-corrected chi connectivity index (χ4v) is 2.69. The number of nitrogens with two attached hydrogens (primary N) is 1. The van der Waals surface area contributed by atoms with Crippen LogP contribution in [-0.2, 0) is 0 Å². The van der Waals surface area contributed by atoms with E-state index < -0.39 is 0 Å². The molecule has 0 unspecified atom stereocenters. The first-order valence-corrected chi connectivity index (χ1v) is 6.56. The summed E-state index contributed by atoms with van der Waals surface area (Å²) in [5.41, 5.74) is 8.10. The average molecular weight is 242 g/mol. The summed E-state index contributed by atoms with van der Waals surface area (Å²) in [7, 11) is 0. The van der Waals surface area contributed by atoms with Crippen molar-refractivity contribution in [3.8, 4) is 6.07 Å². The van der Waals surface area contributed by atoms with Crippen LogP contribution in [0.5, 0.6) is 0 Å². The fourth-order valence-electron chi connectivity index (χ4n) is 2.69. The Kier molecular flexibility index (Phi) is 2.85. The monoisotopic (exact) mass is 242 g/mol. The standard InChI is InChI=1S/C14H18N4/c15-10-11-9-12(16)1-4-14(11)18-7-5-17(6-8-18)13-2-3-13/h1,4,9,13H,2-3,5-8,16H2. The van der Waals surface area contributed by atoms with Gasteiger partial charge in [0.25, 0.3) is 0 Å². The van der Waals surface area contributed by atoms with Gasteiger partial charge in [-0.25, -0.2) is 0 Å². The van der Waals surface area contributed by atoms with E-state index in [4.69, 9.17) is 5.73 Å². The molecular weight excluding hydrogens is 224 g/mol. The van der Waals surface area contributed by atoms with Crippen molar-refractivity contribution in [2.24, 2.45) is 0 Å². The van der Waals surface area contributed by atoms with Crippen LogP contribution in [0, 0.1) is 11.3 Å². The lowest BCUT2D eigenvalue weighted by Crippen LogP contribution is -2.47. The van der Waals surface area contributed by atoms with E-state index in [2.05, 4.69) is 15.9 Å². The summed E-state index contributed by atoms with van der Waals surface area (Å²) < 4.78 is 0. The largest absolute Gasteiger partial charge is 0.399 e. The highest BCUT2D eigenvalue weighted by atomic mass is 15.3. The van der Waals surface area contributed by atoms with Gasteiger partial charge >= 0.3 is 0 Å². The smallest absolute Gasteiger partial charge is 0.101 e. The minimum Gasteiger partial charge on any atom is -0.399 e. The molecule has 4 nitrogen and oxygen atoms in total. The van der Waals surface area contributed by atoms with Crippen LogP contribution in [0.15, 0.2) is 18.2 Å². The Labute approximate surface area is 108 Å². The van der Waals surface area contributed by atoms with Crippen LogP contribution in [0.2, 0.25) is 0 Å². The Balaban J connectivity index is 1.74. The summed E-state index contributed by atoms with van der Waals surface area (Å²) in [6, 6.07) is 8.70. The Morgan fingerprint density at radius 2 is 1.89 bits per heavy atom. The molecule has 1 aliphatic carbocycles. The maximum absolute atomic E-state index is 9.18. The van der Waals surface area contributed by atoms with Crippen molar-refractivity contribution in [3.05, 3.63) is 23.8 Å². The number of rotatable bonds is 2. The summed E-state index contributed by atoms with van der Waals surface area (Å²) in [5, 5.41) is 9.18. The molecule has 1 aliphatic heterocycles. The normalized spacial score (nSPS) is 20.7. The van der Waals surface area contributed by atoms with E-state index in [-0.39, 0.29) is 0 Å². The first-order valence-electron chi connectivity index (χ1n) is 6.56. The van der Waals surface area contributed by atoms with Crippen LogP contribution in [-0.4, -0.2) is 37.1 Å². The van der Waals surface area contributed by atoms with Gasteiger partial charge in [-0.15, -0.1) is 0 Å². The van der Waals surface area contributed by atoms with Crippen LogP contribution < -0.4 is 10.6 Å². The van der Waals surface area contributed by atoms with Gasteiger partial charge in [0.1, 0.15) is 6.07 Å². The Morgan fingerprint density at radius 3 is 2.50 bits per heavy atom. The minimum absolute atomic E-state index is 0.659. The fraction of sp³-hybridized carbons (Fsp3) is 0.500. The van der Waals surface area contributed by atoms with Crippen molar-refractivity contribution in [1.82, 2.24) is 4.90 Å². The zero-order valence-electron chi connectivity index (χ0n) is 10.5. The molecule has 1 saturated heterocycles. The first kappa shape index (κ1) is 11.4. The van der Waals surface area contributed by atoms with Gasteiger partial charge in [-0.3, -0.25) is 4.90 Å². The minimum atomic E-state index is 0.659. The van der Waals surface area contributed by atoms with Gasteiger partial charge in [0.2, 0.25) is 0 Å². The molecule has 1 aromatic carbocycles. The molecule has 3 rings (SSSR count). The van der Waals surface area contributed by atoms with E-state index in [0.717, 1.165) is 37.9 Å². The number of anilines is 2. The third-order valence-corrected chi connectivity index (χ3v) is 3.86. The number of nitrogen functional groups attached to an aromatic ring is 1. The summed E-state index contributed by atoms with van der Waals surface area (Å²) >= 11 is 0. The van der Waals surface area contributed by atoms with Crippen LogP contribution in [0.1, 0.15) is 18.4 Å². The van der Waals surface area contributed by atoms with E-state index >= 15 is 0 Å². The van der Waals surface area contributed by atoms with Gasteiger partial charge in [0.05, 0.1) is 11.3 Å². The number of hydrogen-bond donors (Lipinski definition) is 1. The van der Waals surface area contributed by atoms with E-state index in [9.17, 15) is 5.26 Å². The molecule has 0 atom stereocenters. The van der Waals surface area contributed by atoms with Crippen molar-refractivity contribution < 1.29 is 0 Å². The molecule has 18 heavy (non-hydrogen) atoms. The zero-order valence-corrected chi connectivity index (χ0v) is 10.5. The quantitative estimate of drug-likeness (QED) is 0.797. The van der Waals surface area contributed by atoms with Crippen molar-refractivity contribution in [1.29, 1.82) is 5.26 Å². The number of nitrogens with zero attached hydrogens (tertiary/aromatic N) is 3. The maximum Gasteiger partial charge on any atom is 0.101 e. The molecule has 4 heteroatoms. The van der Waals surface area contributed by atoms with E-state index in [1.807, 2.05) is 12.1 Å². The third kappa shape index (κ3) is 2.14. The highest BCUT2D eigenvalue weighted by Gasteiger charge is 2.31. The number of piperazine rings is 1. The van der Waals surface area contributed by atoms with Crippen LogP contribution in [0.3, 0.4) is 0 Å². The van der Waals surface area contributed by atoms with Crippen LogP contribution in [0.25, 0.3) is 0 Å². The lowest BCUT2D eigenvalue weighted by molar-refractivity contribution is 0.248. The predicted molar refractivity (Wildman–Crippen MR) is 72.4 cm³/mol. The molecule has 94 valence electrons. The van der Waals surface area contributed by atoms with E-state index in [1.165, 1.54) is 12.8 Å². The van der Waals surface area contributed by atoms with Gasteiger partial charge < -0.3 is 10.6 Å². The second kappa shape index (κ2) is 4.51. The van der Waals surface area contributed by atoms with Crippen LogP contribution >= 0.6 is 0 Å². The molecule has 1 heterocycles. The molecule has 0 radical (unpaired) electrons. The van der Waals surface area contributed by atoms with Gasteiger partial charge in [0, 0.05) is 37.9 Å². The van der Waals surface area contributed by atoms with Crippen LogP contribution in [0.4, 0.5) is 11.4 Å². The molecule has 1 saturated carbocycles. The summed E-state index contributed by atoms with van der Waals surface area (Å²) in [6.07, 6.45) is 2.73. The molecule has 0 bridgehead atoms. The Bertz CT molecular complexity index is 479. The number of benzene rings is 1. The molecule has 2 fully saturated rings. The highest BCUT2D eigenvalue weighted by molar-refractivity contribution is 5.64. The topological polar surface area (TPSA) is 56.3 Å². The molecule has 0 spiro atoms. The van der Waals surface area contributed by atoms with Crippen molar-refractivity contribution in [2.75, 3.05) is 36.8 Å². The second-order valence-electron chi connectivity index (χ2n) is 5.14. The maximum atomic E-state index is 9.18. The number of nitriles is 1. The zero-order chi connectivity index (χ0) is 12.5.